The van der Waals surface area contributed by atoms with Crippen molar-refractivity contribution in [3.05, 3.63) is 90.3 Å². The first-order chi connectivity index (χ1) is 15.1. The molecule has 0 radical (unpaired) electrons. The largest absolute Gasteiger partial charge is 0.344 e. The zero-order valence-electron chi connectivity index (χ0n) is 18.4. The van der Waals surface area contributed by atoms with Crippen LogP contribution in [0.5, 0.6) is 0 Å². The van der Waals surface area contributed by atoms with Gasteiger partial charge in [0.1, 0.15) is 0 Å². The van der Waals surface area contributed by atoms with Crippen LogP contribution in [-0.2, 0) is 11.2 Å². The summed E-state index contributed by atoms with van der Waals surface area (Å²) in [5.41, 5.74) is 4.91. The van der Waals surface area contributed by atoms with Crippen LogP contribution in [0.15, 0.2) is 79.1 Å². The van der Waals surface area contributed by atoms with Gasteiger partial charge in [0, 0.05) is 45.6 Å². The maximum Gasteiger partial charge on any atom is 0.227 e. The third kappa shape index (κ3) is 5.20. The van der Waals surface area contributed by atoms with Crippen molar-refractivity contribution in [2.45, 2.75) is 19.3 Å². The normalized spacial score (nSPS) is 18.6. The second kappa shape index (κ2) is 9.88. The smallest absolute Gasteiger partial charge is 0.227 e. The fourth-order valence-electron chi connectivity index (χ4n) is 4.56. The third-order valence-electron chi connectivity index (χ3n) is 6.33. The van der Waals surface area contributed by atoms with Crippen LogP contribution in [0.4, 0.5) is 0 Å². The molecular weight excluding hydrogens is 382 g/mol. The number of amides is 1. The fraction of sp³-hybridized carbons (Fsp3) is 0.333. The second-order valence-electron chi connectivity index (χ2n) is 8.63. The van der Waals surface area contributed by atoms with Gasteiger partial charge in [0.05, 0.1) is 5.92 Å². The molecule has 1 saturated heterocycles. The van der Waals surface area contributed by atoms with E-state index in [0.29, 0.717) is 5.92 Å². The predicted molar refractivity (Wildman–Crippen MR) is 126 cm³/mol. The summed E-state index contributed by atoms with van der Waals surface area (Å²) in [6, 6.07) is 23.2. The molecule has 1 aliphatic rings. The molecule has 31 heavy (non-hydrogen) atoms. The molecule has 1 amide bonds. The molecule has 1 fully saturated rings. The number of hydrogen-bond acceptors (Lipinski definition) is 3. The van der Waals surface area contributed by atoms with E-state index in [-0.39, 0.29) is 11.8 Å². The molecule has 0 aliphatic carbocycles. The van der Waals surface area contributed by atoms with Gasteiger partial charge < -0.3 is 9.80 Å². The molecule has 1 aliphatic heterocycles. The summed E-state index contributed by atoms with van der Waals surface area (Å²) in [7, 11) is 1.94. The van der Waals surface area contributed by atoms with Crippen molar-refractivity contribution in [2.24, 2.45) is 5.92 Å². The lowest BCUT2D eigenvalue weighted by Crippen LogP contribution is -2.35. The van der Waals surface area contributed by atoms with Gasteiger partial charge in [-0.05, 0) is 46.7 Å². The molecule has 0 unspecified atom stereocenters. The number of hydrogen-bond donors (Lipinski definition) is 0. The highest BCUT2D eigenvalue weighted by Gasteiger charge is 2.30. The lowest BCUT2D eigenvalue weighted by atomic mass is 9.91. The van der Waals surface area contributed by atoms with Gasteiger partial charge in [0.15, 0.2) is 0 Å². The van der Waals surface area contributed by atoms with Gasteiger partial charge >= 0.3 is 0 Å². The minimum Gasteiger partial charge on any atom is -0.344 e. The zero-order chi connectivity index (χ0) is 21.6. The van der Waals surface area contributed by atoms with Crippen LogP contribution in [0.2, 0.25) is 0 Å². The SMILES string of the molecule is C[C@@H](CN1CCN(C)C(=O)[C@H](Cc2ccccc2-c2ccncc2)C1)c1ccccc1. The van der Waals surface area contributed by atoms with Crippen LogP contribution >= 0.6 is 0 Å². The number of carbonyl (C=O) groups is 1. The lowest BCUT2D eigenvalue weighted by Gasteiger charge is -2.26. The average molecular weight is 414 g/mol. The van der Waals surface area contributed by atoms with Gasteiger partial charge in [-0.3, -0.25) is 9.78 Å². The molecule has 0 spiro atoms. The minimum atomic E-state index is -0.0431. The van der Waals surface area contributed by atoms with E-state index in [0.717, 1.165) is 38.2 Å². The molecule has 2 heterocycles. The standard InChI is InChI=1S/C27H31N3O/c1-21(22-8-4-3-5-9-22)19-30-17-16-29(2)27(31)25(20-30)18-24-10-6-7-11-26(24)23-12-14-28-15-13-23/h3-15,21,25H,16-20H2,1-2H3/t21-,25+/m0/s1. The number of aromatic nitrogens is 1. The first kappa shape index (κ1) is 21.3. The first-order valence-corrected chi connectivity index (χ1v) is 11.1. The lowest BCUT2D eigenvalue weighted by molar-refractivity contribution is -0.133. The molecule has 160 valence electrons. The highest BCUT2D eigenvalue weighted by molar-refractivity contribution is 5.80. The Bertz CT molecular complexity index is 990. The summed E-state index contributed by atoms with van der Waals surface area (Å²) in [6.45, 7) is 5.74. The average Bonchev–Trinajstić information content (AvgIpc) is 2.94. The van der Waals surface area contributed by atoms with Crippen LogP contribution in [-0.4, -0.2) is 53.9 Å². The Kier molecular flexibility index (Phi) is 6.78. The molecule has 0 saturated carbocycles. The summed E-state index contributed by atoms with van der Waals surface area (Å²) < 4.78 is 0. The molecule has 3 aromatic rings. The van der Waals surface area contributed by atoms with Crippen molar-refractivity contribution >= 4 is 5.91 Å². The van der Waals surface area contributed by atoms with Crippen molar-refractivity contribution in [2.75, 3.05) is 33.2 Å². The van der Waals surface area contributed by atoms with Crippen LogP contribution in [0, 0.1) is 5.92 Å². The quantitative estimate of drug-likeness (QED) is 0.598. The molecule has 2 aromatic carbocycles. The zero-order valence-corrected chi connectivity index (χ0v) is 18.4. The number of nitrogens with zero attached hydrogens (tertiary/aromatic N) is 3. The summed E-state index contributed by atoms with van der Waals surface area (Å²) in [6.07, 6.45) is 4.39. The molecule has 1 aromatic heterocycles. The van der Waals surface area contributed by atoms with Crippen molar-refractivity contribution in [3.63, 3.8) is 0 Å². The van der Waals surface area contributed by atoms with E-state index < -0.39 is 0 Å². The van der Waals surface area contributed by atoms with Crippen molar-refractivity contribution in [1.82, 2.24) is 14.8 Å². The van der Waals surface area contributed by atoms with Gasteiger partial charge in [-0.15, -0.1) is 0 Å². The van der Waals surface area contributed by atoms with E-state index in [1.807, 2.05) is 36.5 Å². The molecule has 4 rings (SSSR count). The second-order valence-corrected chi connectivity index (χ2v) is 8.63. The summed E-state index contributed by atoms with van der Waals surface area (Å²) >= 11 is 0. The first-order valence-electron chi connectivity index (χ1n) is 11.1. The molecule has 4 heteroatoms. The van der Waals surface area contributed by atoms with Crippen molar-refractivity contribution < 1.29 is 4.79 Å². The van der Waals surface area contributed by atoms with E-state index in [1.54, 1.807) is 0 Å². The van der Waals surface area contributed by atoms with E-state index in [2.05, 4.69) is 71.4 Å². The van der Waals surface area contributed by atoms with Gasteiger partial charge in [-0.1, -0.05) is 61.5 Å². The van der Waals surface area contributed by atoms with Gasteiger partial charge in [-0.25, -0.2) is 0 Å². The molecule has 2 atom stereocenters. The van der Waals surface area contributed by atoms with Gasteiger partial charge in [-0.2, -0.15) is 0 Å². The monoisotopic (exact) mass is 413 g/mol. The number of carbonyl (C=O) groups excluding carboxylic acids is 1. The van der Waals surface area contributed by atoms with Crippen molar-refractivity contribution in [3.8, 4) is 11.1 Å². The van der Waals surface area contributed by atoms with Crippen LogP contribution < -0.4 is 0 Å². The molecule has 0 bridgehead atoms. The number of rotatable bonds is 6. The Morgan fingerprint density at radius 2 is 1.68 bits per heavy atom. The van der Waals surface area contributed by atoms with Gasteiger partial charge in [0.2, 0.25) is 5.91 Å². The van der Waals surface area contributed by atoms with Gasteiger partial charge in [0.25, 0.3) is 0 Å². The minimum absolute atomic E-state index is 0.0431. The highest BCUT2D eigenvalue weighted by atomic mass is 16.2. The Morgan fingerprint density at radius 3 is 2.45 bits per heavy atom. The third-order valence-corrected chi connectivity index (χ3v) is 6.33. The number of likely N-dealkylation sites (N-methyl/N-ethyl adjacent to an activating group) is 1. The fourth-order valence-corrected chi connectivity index (χ4v) is 4.56. The Morgan fingerprint density at radius 1 is 0.968 bits per heavy atom. The van der Waals surface area contributed by atoms with E-state index >= 15 is 0 Å². The van der Waals surface area contributed by atoms with Crippen LogP contribution in [0.3, 0.4) is 0 Å². The Balaban J connectivity index is 1.54. The summed E-state index contributed by atoms with van der Waals surface area (Å²) in [5.74, 6) is 0.641. The molecule has 4 nitrogen and oxygen atoms in total. The maximum atomic E-state index is 13.2. The van der Waals surface area contributed by atoms with Crippen LogP contribution in [0.25, 0.3) is 11.1 Å². The number of pyridine rings is 1. The number of benzene rings is 2. The summed E-state index contributed by atoms with van der Waals surface area (Å²) in [4.78, 5) is 21.7. The topological polar surface area (TPSA) is 36.4 Å². The van der Waals surface area contributed by atoms with E-state index in [9.17, 15) is 4.79 Å². The van der Waals surface area contributed by atoms with Crippen LogP contribution in [0.1, 0.15) is 24.0 Å². The van der Waals surface area contributed by atoms with E-state index in [1.165, 1.54) is 16.7 Å². The Labute approximate surface area is 185 Å². The summed E-state index contributed by atoms with van der Waals surface area (Å²) in [5, 5.41) is 0. The molecular formula is C27H31N3O. The maximum absolute atomic E-state index is 13.2. The molecule has 0 N–H and O–H groups in total. The highest BCUT2D eigenvalue weighted by Crippen LogP contribution is 2.27. The van der Waals surface area contributed by atoms with E-state index in [4.69, 9.17) is 0 Å². The van der Waals surface area contributed by atoms with Crippen molar-refractivity contribution in [1.29, 1.82) is 0 Å². The predicted octanol–water partition coefficient (Wildman–Crippen LogP) is 4.49. The Hall–Kier alpha value is -2.98.